The Bertz CT molecular complexity index is 1470. The Morgan fingerprint density at radius 1 is 0.936 bits per heavy atom. The average Bonchev–Trinajstić information content (AvgIpc) is 3.05. The summed E-state index contributed by atoms with van der Waals surface area (Å²) in [6.45, 7) is 15.2. The van der Waals surface area contributed by atoms with Gasteiger partial charge in [-0.15, -0.1) is 0 Å². The lowest BCUT2D eigenvalue weighted by molar-refractivity contribution is -0.0703. The van der Waals surface area contributed by atoms with E-state index in [9.17, 15) is 10.5 Å². The van der Waals surface area contributed by atoms with E-state index in [0.717, 1.165) is 48.3 Å². The van der Waals surface area contributed by atoms with Crippen LogP contribution in [0.25, 0.3) is 0 Å². The first kappa shape index (κ1) is 33.9. The summed E-state index contributed by atoms with van der Waals surface area (Å²) >= 11 is 0. The minimum absolute atomic E-state index is 0.272. The summed E-state index contributed by atoms with van der Waals surface area (Å²) in [5, 5.41) is 30.5. The predicted octanol–water partition coefficient (Wildman–Crippen LogP) is 7.86. The second kappa shape index (κ2) is 13.9. The lowest BCUT2D eigenvalue weighted by atomic mass is 9.48. The molecule has 7 rings (SSSR count). The van der Waals surface area contributed by atoms with Gasteiger partial charge in [0.2, 0.25) is 5.95 Å². The normalized spacial score (nSPS) is 30.0. The molecule has 1 unspecified atom stereocenters. The lowest BCUT2D eigenvalue weighted by Gasteiger charge is -2.60. The highest BCUT2D eigenvalue weighted by molar-refractivity contribution is 6.74. The van der Waals surface area contributed by atoms with Crippen LogP contribution in [0.1, 0.15) is 95.2 Å². The second-order valence-electron chi connectivity index (χ2n) is 16.9. The maximum Gasteiger partial charge on any atom is 0.224 e. The lowest BCUT2D eigenvalue weighted by Crippen LogP contribution is -2.60. The van der Waals surface area contributed by atoms with Crippen molar-refractivity contribution in [1.29, 1.82) is 10.5 Å². The maximum atomic E-state index is 9.81. The number of nitrogens with one attached hydrogen (secondary N) is 3. The molecule has 3 N–H and O–H groups in total. The number of rotatable bonds is 12. The first-order valence-electron chi connectivity index (χ1n) is 18.1. The van der Waals surface area contributed by atoms with Gasteiger partial charge in [0.15, 0.2) is 8.32 Å². The van der Waals surface area contributed by atoms with Crippen LogP contribution < -0.4 is 16.0 Å². The Kier molecular flexibility index (Phi) is 10.00. The molecule has 0 saturated heterocycles. The highest BCUT2D eigenvalue weighted by Crippen LogP contribution is 2.60. The topological polar surface area (TPSA) is 119 Å². The van der Waals surface area contributed by atoms with Gasteiger partial charge in [-0.3, -0.25) is 0 Å². The second-order valence-corrected chi connectivity index (χ2v) is 21.7. The van der Waals surface area contributed by atoms with Gasteiger partial charge in [-0.1, -0.05) is 39.0 Å². The molecule has 1 heterocycles. The third-order valence-corrected chi connectivity index (χ3v) is 17.1. The van der Waals surface area contributed by atoms with Crippen LogP contribution in [0.5, 0.6) is 0 Å². The fourth-order valence-corrected chi connectivity index (χ4v) is 10.2. The summed E-state index contributed by atoms with van der Waals surface area (Å²) < 4.78 is 6.58. The van der Waals surface area contributed by atoms with E-state index in [1.54, 1.807) is 6.20 Å². The Labute approximate surface area is 283 Å². The molecule has 2 aromatic rings. The van der Waals surface area contributed by atoms with E-state index in [2.05, 4.69) is 66.9 Å². The molecule has 5 fully saturated rings. The molecular formula is C38H55N7OSi. The van der Waals surface area contributed by atoms with Crippen molar-refractivity contribution in [2.45, 2.75) is 109 Å². The molecule has 0 amide bonds. The van der Waals surface area contributed by atoms with Gasteiger partial charge >= 0.3 is 0 Å². The molecule has 5 aliphatic carbocycles. The zero-order valence-electron chi connectivity index (χ0n) is 29.2. The number of benzene rings is 1. The minimum Gasteiger partial charge on any atom is -0.417 e. The SMILES string of the molecule is CC(C)(C)[Si](C)(C)OC[C@H]1CC[C@H](CN[C@H]2[C@@H]3CC4C[C@H]2C[C@@](CNc2nc(NCc5ccccc5C#N)ncc2C#N)(C4)C3)CC1. The van der Waals surface area contributed by atoms with Crippen LogP contribution in [0, 0.1) is 57.7 Å². The number of nitrogens with zero attached hydrogens (tertiary/aromatic N) is 4. The van der Waals surface area contributed by atoms with Gasteiger partial charge in [0.25, 0.3) is 0 Å². The molecule has 4 bridgehead atoms. The molecule has 1 aromatic heterocycles. The molecule has 0 radical (unpaired) electrons. The molecule has 5 aliphatic rings. The first-order valence-corrected chi connectivity index (χ1v) is 21.0. The smallest absolute Gasteiger partial charge is 0.224 e. The summed E-state index contributed by atoms with van der Waals surface area (Å²) in [4.78, 5) is 9.08. The van der Waals surface area contributed by atoms with E-state index in [1.165, 1.54) is 64.3 Å². The molecule has 1 aromatic carbocycles. The summed E-state index contributed by atoms with van der Waals surface area (Å²) in [5.74, 6) is 4.91. The van der Waals surface area contributed by atoms with Crippen molar-refractivity contribution in [1.82, 2.24) is 15.3 Å². The average molecular weight is 654 g/mol. The highest BCUT2D eigenvalue weighted by Gasteiger charge is 2.55. The maximum absolute atomic E-state index is 9.81. The van der Waals surface area contributed by atoms with E-state index in [0.29, 0.717) is 35.5 Å². The number of anilines is 2. The number of hydrogen-bond acceptors (Lipinski definition) is 8. The van der Waals surface area contributed by atoms with Crippen molar-refractivity contribution >= 4 is 20.1 Å². The van der Waals surface area contributed by atoms with Gasteiger partial charge < -0.3 is 20.4 Å². The molecule has 5 atom stereocenters. The van der Waals surface area contributed by atoms with E-state index in [4.69, 9.17) is 9.41 Å². The van der Waals surface area contributed by atoms with Crippen molar-refractivity contribution in [3.05, 3.63) is 47.2 Å². The highest BCUT2D eigenvalue weighted by atomic mass is 28.4. The molecule has 47 heavy (non-hydrogen) atoms. The Balaban J connectivity index is 0.997. The van der Waals surface area contributed by atoms with Gasteiger partial charge in [-0.05, 0) is 129 Å². The van der Waals surface area contributed by atoms with Crippen molar-refractivity contribution in [3.8, 4) is 12.1 Å². The van der Waals surface area contributed by atoms with E-state index >= 15 is 0 Å². The molecule has 0 aliphatic heterocycles. The third-order valence-electron chi connectivity index (χ3n) is 12.6. The number of aromatic nitrogens is 2. The Morgan fingerprint density at radius 3 is 2.30 bits per heavy atom. The number of nitriles is 2. The van der Waals surface area contributed by atoms with Gasteiger partial charge in [0.05, 0.1) is 17.8 Å². The van der Waals surface area contributed by atoms with Crippen LogP contribution in [0.2, 0.25) is 18.1 Å². The van der Waals surface area contributed by atoms with Crippen LogP contribution in [-0.4, -0.2) is 44.0 Å². The Morgan fingerprint density at radius 2 is 1.62 bits per heavy atom. The van der Waals surface area contributed by atoms with Crippen LogP contribution >= 0.6 is 0 Å². The van der Waals surface area contributed by atoms with E-state index in [-0.39, 0.29) is 10.5 Å². The zero-order valence-corrected chi connectivity index (χ0v) is 30.2. The number of hydrogen-bond donors (Lipinski definition) is 3. The van der Waals surface area contributed by atoms with Gasteiger partial charge in [-0.25, -0.2) is 4.98 Å². The van der Waals surface area contributed by atoms with Crippen LogP contribution in [0.4, 0.5) is 11.8 Å². The molecular weight excluding hydrogens is 599 g/mol. The molecule has 8 nitrogen and oxygen atoms in total. The van der Waals surface area contributed by atoms with Crippen molar-refractivity contribution in [3.63, 3.8) is 0 Å². The summed E-state index contributed by atoms with van der Waals surface area (Å²) in [7, 11) is -1.67. The largest absolute Gasteiger partial charge is 0.417 e. The Hall–Kier alpha value is -2.98. The standard InChI is InChI=1S/C38H55N7OSi/c1-37(2,3)47(4,5)46-24-27-12-10-26(11-13-27)21-41-34-31-14-28-15-32(34)18-38(16-28,17-31)25-44-35-33(20-40)23-43-36(45-35)42-22-30-9-7-6-8-29(30)19-39/h6-9,23,26-28,31-32,34,41H,10-18,21-22,24-25H2,1-5H3,(H2,42,43,44,45)/t26-,27-,28?,31-,32+,34+,38-. The van der Waals surface area contributed by atoms with Crippen molar-refractivity contribution in [2.75, 3.05) is 30.3 Å². The van der Waals surface area contributed by atoms with Gasteiger partial charge in [0, 0.05) is 25.7 Å². The van der Waals surface area contributed by atoms with Gasteiger partial charge in [-0.2, -0.15) is 15.5 Å². The summed E-state index contributed by atoms with van der Waals surface area (Å²) in [5.41, 5.74) is 2.28. The van der Waals surface area contributed by atoms with Crippen LogP contribution in [-0.2, 0) is 11.0 Å². The monoisotopic (exact) mass is 653 g/mol. The van der Waals surface area contributed by atoms with E-state index in [1.807, 2.05) is 24.3 Å². The quantitative estimate of drug-likeness (QED) is 0.198. The zero-order chi connectivity index (χ0) is 33.2. The molecule has 9 heteroatoms. The fourth-order valence-electron chi connectivity index (χ4n) is 9.10. The molecule has 0 spiro atoms. The predicted molar refractivity (Wildman–Crippen MR) is 190 cm³/mol. The third kappa shape index (κ3) is 7.69. The van der Waals surface area contributed by atoms with Crippen LogP contribution in [0.3, 0.4) is 0 Å². The summed E-state index contributed by atoms with van der Waals surface area (Å²) in [6.07, 6.45) is 13.4. The minimum atomic E-state index is -1.67. The van der Waals surface area contributed by atoms with Crippen LogP contribution in [0.15, 0.2) is 30.5 Å². The first-order chi connectivity index (χ1) is 22.5. The molecule has 5 saturated carbocycles. The molecule has 252 valence electrons. The van der Waals surface area contributed by atoms with Crippen molar-refractivity contribution < 1.29 is 4.43 Å². The van der Waals surface area contributed by atoms with Crippen molar-refractivity contribution in [2.24, 2.45) is 35.0 Å². The fraction of sp³-hybridized carbons (Fsp3) is 0.684. The van der Waals surface area contributed by atoms with Gasteiger partial charge in [0.1, 0.15) is 17.5 Å². The van der Waals surface area contributed by atoms with E-state index < -0.39 is 8.32 Å². The summed E-state index contributed by atoms with van der Waals surface area (Å²) in [6, 6.07) is 12.7.